The van der Waals surface area contributed by atoms with E-state index >= 15 is 0 Å². The number of guanidine groups is 1. The molecule has 0 aliphatic heterocycles. The Hall–Kier alpha value is -2.82. The van der Waals surface area contributed by atoms with Gasteiger partial charge in [-0.05, 0) is 49.2 Å². The zero-order valence-electron chi connectivity index (χ0n) is 12.9. The first-order valence-corrected chi connectivity index (χ1v) is 7.51. The quantitative estimate of drug-likeness (QED) is 0.509. The van der Waals surface area contributed by atoms with Crippen molar-refractivity contribution >= 4 is 22.5 Å². The van der Waals surface area contributed by atoms with Crippen LogP contribution in [-0.4, -0.2) is 17.5 Å². The molecule has 0 saturated carbocycles. The third-order valence-electron chi connectivity index (χ3n) is 3.72. The normalized spacial score (nSPS) is 11.8. The number of aromatic nitrogens is 1. The van der Waals surface area contributed by atoms with E-state index in [4.69, 9.17) is 5.73 Å². The van der Waals surface area contributed by atoms with Gasteiger partial charge >= 0.3 is 0 Å². The van der Waals surface area contributed by atoms with Crippen molar-refractivity contribution in [3.63, 3.8) is 0 Å². The van der Waals surface area contributed by atoms with E-state index in [1.54, 1.807) is 6.07 Å². The number of aryl methyl sites for hydroxylation is 1. The van der Waals surface area contributed by atoms with Crippen molar-refractivity contribution in [2.75, 3.05) is 11.9 Å². The highest BCUT2D eigenvalue weighted by atomic mass is 19.1. The first-order valence-electron chi connectivity index (χ1n) is 7.51. The van der Waals surface area contributed by atoms with Crippen LogP contribution in [0.1, 0.15) is 11.1 Å². The maximum absolute atomic E-state index is 13.2. The third-order valence-corrected chi connectivity index (χ3v) is 3.72. The fourth-order valence-electron chi connectivity index (χ4n) is 2.49. The highest BCUT2D eigenvalue weighted by Crippen LogP contribution is 2.19. The second kappa shape index (κ2) is 6.52. The number of halogens is 1. The van der Waals surface area contributed by atoms with Crippen molar-refractivity contribution in [3.05, 3.63) is 65.6 Å². The predicted molar refractivity (Wildman–Crippen MR) is 93.3 cm³/mol. The standard InChI is InChI=1S/C18H19FN4/c1-12-2-5-15(6-3-12)23-18(20)21-9-8-13-11-22-17-10-14(19)4-7-16(13)17/h2-7,10-11,22H,8-9H2,1H3,(H3,20,21,23). The van der Waals surface area contributed by atoms with Crippen molar-refractivity contribution in [3.8, 4) is 0 Å². The lowest BCUT2D eigenvalue weighted by molar-refractivity contribution is 0.629. The molecule has 2 aromatic carbocycles. The Labute approximate surface area is 134 Å². The topological polar surface area (TPSA) is 66.2 Å². The van der Waals surface area contributed by atoms with E-state index in [-0.39, 0.29) is 5.82 Å². The summed E-state index contributed by atoms with van der Waals surface area (Å²) in [6.45, 7) is 2.60. The molecule has 1 heterocycles. The van der Waals surface area contributed by atoms with Gasteiger partial charge in [0, 0.05) is 29.3 Å². The molecule has 5 heteroatoms. The number of rotatable bonds is 4. The Kier molecular flexibility index (Phi) is 4.28. The van der Waals surface area contributed by atoms with E-state index in [9.17, 15) is 4.39 Å². The number of aliphatic imine (C=N–C) groups is 1. The number of nitrogens with zero attached hydrogens (tertiary/aromatic N) is 1. The number of hydrogen-bond acceptors (Lipinski definition) is 1. The Morgan fingerprint density at radius 1 is 1.22 bits per heavy atom. The van der Waals surface area contributed by atoms with Gasteiger partial charge in [-0.2, -0.15) is 0 Å². The minimum atomic E-state index is -0.240. The summed E-state index contributed by atoms with van der Waals surface area (Å²) in [6.07, 6.45) is 2.63. The van der Waals surface area contributed by atoms with Crippen molar-refractivity contribution in [2.45, 2.75) is 13.3 Å². The summed E-state index contributed by atoms with van der Waals surface area (Å²) in [6, 6.07) is 12.7. The average Bonchev–Trinajstić information content (AvgIpc) is 2.92. The molecule has 4 N–H and O–H groups in total. The Morgan fingerprint density at radius 3 is 2.78 bits per heavy atom. The van der Waals surface area contributed by atoms with Crippen LogP contribution in [0.4, 0.5) is 10.1 Å². The maximum atomic E-state index is 13.2. The number of hydrogen-bond donors (Lipinski definition) is 3. The summed E-state index contributed by atoms with van der Waals surface area (Å²) in [4.78, 5) is 7.41. The molecule has 0 atom stereocenters. The number of benzene rings is 2. The largest absolute Gasteiger partial charge is 0.370 e. The molecule has 0 spiro atoms. The summed E-state index contributed by atoms with van der Waals surface area (Å²) in [5.74, 6) is 0.148. The smallest absolute Gasteiger partial charge is 0.193 e. The van der Waals surface area contributed by atoms with Crippen LogP contribution in [0, 0.1) is 12.7 Å². The first-order chi connectivity index (χ1) is 11.1. The van der Waals surface area contributed by atoms with Crippen LogP contribution < -0.4 is 11.1 Å². The van der Waals surface area contributed by atoms with E-state index in [1.807, 2.05) is 37.4 Å². The highest BCUT2D eigenvalue weighted by molar-refractivity contribution is 5.92. The molecule has 118 valence electrons. The van der Waals surface area contributed by atoms with E-state index in [1.165, 1.54) is 17.7 Å². The van der Waals surface area contributed by atoms with Crippen molar-refractivity contribution < 1.29 is 4.39 Å². The monoisotopic (exact) mass is 310 g/mol. The molecule has 0 aliphatic carbocycles. The number of anilines is 1. The maximum Gasteiger partial charge on any atom is 0.193 e. The van der Waals surface area contributed by atoms with Crippen LogP contribution in [0.5, 0.6) is 0 Å². The Bertz CT molecular complexity index is 834. The van der Waals surface area contributed by atoms with Crippen LogP contribution in [0.2, 0.25) is 0 Å². The lowest BCUT2D eigenvalue weighted by Crippen LogP contribution is -2.23. The van der Waals surface area contributed by atoms with Gasteiger partial charge < -0.3 is 16.0 Å². The summed E-state index contributed by atoms with van der Waals surface area (Å²) < 4.78 is 13.2. The van der Waals surface area contributed by atoms with E-state index in [0.29, 0.717) is 12.5 Å². The molecule has 0 fully saturated rings. The van der Waals surface area contributed by atoms with Gasteiger partial charge in [0.15, 0.2) is 5.96 Å². The highest BCUT2D eigenvalue weighted by Gasteiger charge is 2.04. The zero-order valence-corrected chi connectivity index (χ0v) is 12.9. The Morgan fingerprint density at radius 2 is 2.00 bits per heavy atom. The molecular weight excluding hydrogens is 291 g/mol. The van der Waals surface area contributed by atoms with Crippen LogP contribution in [-0.2, 0) is 6.42 Å². The van der Waals surface area contributed by atoms with Gasteiger partial charge in [-0.15, -0.1) is 0 Å². The molecule has 0 bridgehead atoms. The minimum absolute atomic E-state index is 0.240. The molecule has 4 nitrogen and oxygen atoms in total. The zero-order chi connectivity index (χ0) is 16.2. The molecule has 0 amide bonds. The van der Waals surface area contributed by atoms with E-state index in [2.05, 4.69) is 15.3 Å². The molecule has 3 aromatic rings. The second-order valence-electron chi connectivity index (χ2n) is 5.51. The number of H-pyrrole nitrogens is 1. The van der Waals surface area contributed by atoms with Crippen molar-refractivity contribution in [1.29, 1.82) is 0 Å². The van der Waals surface area contributed by atoms with Gasteiger partial charge in [-0.25, -0.2) is 4.39 Å². The predicted octanol–water partition coefficient (Wildman–Crippen LogP) is 3.58. The summed E-state index contributed by atoms with van der Waals surface area (Å²) in [5.41, 5.74) is 9.91. The van der Waals surface area contributed by atoms with Gasteiger partial charge in [-0.1, -0.05) is 17.7 Å². The lowest BCUT2D eigenvalue weighted by Gasteiger charge is -2.05. The lowest BCUT2D eigenvalue weighted by atomic mass is 10.1. The van der Waals surface area contributed by atoms with Gasteiger partial charge in [0.2, 0.25) is 0 Å². The second-order valence-corrected chi connectivity index (χ2v) is 5.51. The Balaban J connectivity index is 1.62. The molecule has 0 aliphatic rings. The van der Waals surface area contributed by atoms with Crippen LogP contribution in [0.25, 0.3) is 10.9 Å². The number of nitrogens with two attached hydrogens (primary N) is 1. The molecule has 0 saturated heterocycles. The number of aromatic amines is 1. The van der Waals surface area contributed by atoms with Crippen molar-refractivity contribution in [1.82, 2.24) is 4.98 Å². The van der Waals surface area contributed by atoms with Crippen molar-refractivity contribution in [2.24, 2.45) is 10.7 Å². The summed E-state index contributed by atoms with van der Waals surface area (Å²) in [7, 11) is 0. The van der Waals surface area contributed by atoms with Crippen LogP contribution in [0.3, 0.4) is 0 Å². The SMILES string of the molecule is Cc1ccc(NC(N)=NCCc2c[nH]c3cc(F)ccc23)cc1. The van der Waals surface area contributed by atoms with Gasteiger partial charge in [-0.3, -0.25) is 4.99 Å². The number of fused-ring (bicyclic) bond motifs is 1. The van der Waals surface area contributed by atoms with E-state index < -0.39 is 0 Å². The van der Waals surface area contributed by atoms with E-state index in [0.717, 1.165) is 28.6 Å². The third kappa shape index (κ3) is 3.69. The summed E-state index contributed by atoms with van der Waals surface area (Å²) >= 11 is 0. The average molecular weight is 310 g/mol. The molecule has 1 aromatic heterocycles. The first kappa shape index (κ1) is 15.1. The molecule has 0 radical (unpaired) electrons. The van der Waals surface area contributed by atoms with Gasteiger partial charge in [0.05, 0.1) is 0 Å². The summed E-state index contributed by atoms with van der Waals surface area (Å²) in [5, 5.41) is 4.08. The number of nitrogens with one attached hydrogen (secondary N) is 2. The van der Waals surface area contributed by atoms with Crippen LogP contribution >= 0.6 is 0 Å². The molecule has 3 rings (SSSR count). The van der Waals surface area contributed by atoms with Gasteiger partial charge in [0.25, 0.3) is 0 Å². The molecular formula is C18H19FN4. The minimum Gasteiger partial charge on any atom is -0.370 e. The van der Waals surface area contributed by atoms with Crippen LogP contribution in [0.15, 0.2) is 53.7 Å². The van der Waals surface area contributed by atoms with Gasteiger partial charge in [0.1, 0.15) is 5.82 Å². The molecule has 23 heavy (non-hydrogen) atoms. The fourth-order valence-corrected chi connectivity index (χ4v) is 2.49. The molecule has 0 unspecified atom stereocenters. The fraction of sp³-hybridized carbons (Fsp3) is 0.167.